The molecule has 1 aliphatic heterocycles. The van der Waals surface area contributed by atoms with Crippen molar-refractivity contribution in [1.29, 1.82) is 0 Å². The van der Waals surface area contributed by atoms with E-state index in [0.29, 0.717) is 0 Å². The molecule has 0 unspecified atom stereocenters. The zero-order valence-electron chi connectivity index (χ0n) is 13.7. The van der Waals surface area contributed by atoms with Crippen LogP contribution in [0, 0.1) is 0 Å². The molecule has 0 radical (unpaired) electrons. The molecule has 0 aromatic rings. The van der Waals surface area contributed by atoms with E-state index < -0.39 is 67.1 Å². The van der Waals surface area contributed by atoms with Crippen LogP contribution in [0.25, 0.3) is 0 Å². The third-order valence-electron chi connectivity index (χ3n) is 3.01. The Labute approximate surface area is 147 Å². The molecule has 25 heavy (non-hydrogen) atoms. The highest BCUT2D eigenvalue weighted by molar-refractivity contribution is 6.26. The van der Waals surface area contributed by atoms with E-state index in [0.717, 1.165) is 20.8 Å². The first-order valence-corrected chi connectivity index (χ1v) is 7.72. The van der Waals surface area contributed by atoms with Crippen molar-refractivity contribution in [3.8, 4) is 0 Å². The highest BCUT2D eigenvalue weighted by atomic mass is 35.5. The van der Waals surface area contributed by atoms with Crippen molar-refractivity contribution in [2.24, 2.45) is 0 Å². The summed E-state index contributed by atoms with van der Waals surface area (Å²) in [5.41, 5.74) is 0. The van der Waals surface area contributed by atoms with E-state index in [-0.39, 0.29) is 0 Å². The largest absolute Gasteiger partial charge is 0.463 e. The van der Waals surface area contributed by atoms with Gasteiger partial charge in [-0.1, -0.05) is 0 Å². The van der Waals surface area contributed by atoms with Gasteiger partial charge in [-0.3, -0.25) is 19.2 Å². The maximum atomic E-state index is 14.3. The van der Waals surface area contributed by atoms with E-state index in [1.54, 1.807) is 0 Å². The summed E-state index contributed by atoms with van der Waals surface area (Å²) in [4.78, 5) is 45.0. The van der Waals surface area contributed by atoms with Crippen molar-refractivity contribution >= 4 is 35.5 Å². The zero-order chi connectivity index (χ0) is 19.1. The fraction of sp³-hybridized carbons (Fsp3) is 0.714. The molecule has 0 aliphatic carbocycles. The minimum Gasteiger partial charge on any atom is -0.463 e. The van der Waals surface area contributed by atoms with Gasteiger partial charge < -0.3 is 23.7 Å². The van der Waals surface area contributed by atoms with Crippen LogP contribution >= 0.6 is 11.6 Å². The van der Waals surface area contributed by atoms with Gasteiger partial charge in [-0.15, -0.1) is 11.6 Å². The van der Waals surface area contributed by atoms with Crippen LogP contribution in [0.3, 0.4) is 0 Å². The normalized spacial score (nSPS) is 28.6. The van der Waals surface area contributed by atoms with Gasteiger partial charge in [0.25, 0.3) is 0 Å². The molecule has 11 heteroatoms. The molecule has 0 saturated carbocycles. The standard InChI is InChI=1S/C14H18ClFO9/c1-6(17)21-5-9-11(22-7(2)18)12(25-10(20)4-15)13(14(16)24-9)23-8(3)19/h9,11-14H,4-5H2,1-3H3/t9-,11+,12+,13-,14-/m1/s1. The summed E-state index contributed by atoms with van der Waals surface area (Å²) >= 11 is 5.37. The minimum atomic E-state index is -2.22. The Balaban J connectivity index is 3.13. The minimum absolute atomic E-state index is 0.477. The number of alkyl halides is 2. The van der Waals surface area contributed by atoms with E-state index in [2.05, 4.69) is 0 Å². The molecule has 0 spiro atoms. The number of carbonyl (C=O) groups excluding carboxylic acids is 4. The van der Waals surface area contributed by atoms with Crippen molar-refractivity contribution in [2.45, 2.75) is 51.5 Å². The van der Waals surface area contributed by atoms with Crippen LogP contribution in [0.15, 0.2) is 0 Å². The van der Waals surface area contributed by atoms with Crippen molar-refractivity contribution in [2.75, 3.05) is 12.5 Å². The summed E-state index contributed by atoms with van der Waals surface area (Å²) in [6, 6.07) is 0. The predicted octanol–water partition coefficient (Wildman–Crippen LogP) is 0.258. The smallest absolute Gasteiger partial charge is 0.321 e. The van der Waals surface area contributed by atoms with Gasteiger partial charge in [0.2, 0.25) is 6.36 Å². The average molecular weight is 385 g/mol. The summed E-state index contributed by atoms with van der Waals surface area (Å²) in [6.07, 6.45) is -8.13. The van der Waals surface area contributed by atoms with Crippen molar-refractivity contribution in [1.82, 2.24) is 0 Å². The van der Waals surface area contributed by atoms with Crippen LogP contribution in [0.4, 0.5) is 4.39 Å². The van der Waals surface area contributed by atoms with E-state index in [1.165, 1.54) is 0 Å². The van der Waals surface area contributed by atoms with Crippen LogP contribution in [-0.2, 0) is 42.9 Å². The average Bonchev–Trinajstić information content (AvgIpc) is 2.50. The lowest BCUT2D eigenvalue weighted by molar-refractivity contribution is -0.277. The number of ether oxygens (including phenoxy) is 5. The Morgan fingerprint density at radius 1 is 0.920 bits per heavy atom. The SMILES string of the molecule is CC(=O)OC[C@H]1O[C@@H](F)[C@H](OC(C)=O)[C@@H](OC(=O)CCl)[C@H]1OC(C)=O. The molecule has 142 valence electrons. The van der Waals surface area contributed by atoms with E-state index in [4.69, 9.17) is 35.3 Å². The van der Waals surface area contributed by atoms with Gasteiger partial charge in [0.15, 0.2) is 18.3 Å². The second-order valence-electron chi connectivity index (χ2n) is 5.06. The Kier molecular flexibility index (Phi) is 8.04. The number of hydrogen-bond acceptors (Lipinski definition) is 9. The first-order chi connectivity index (χ1) is 11.6. The van der Waals surface area contributed by atoms with Gasteiger partial charge in [0.1, 0.15) is 18.6 Å². The zero-order valence-corrected chi connectivity index (χ0v) is 14.5. The third-order valence-corrected chi connectivity index (χ3v) is 3.23. The maximum absolute atomic E-state index is 14.3. The van der Waals surface area contributed by atoms with Crippen molar-refractivity contribution < 1.29 is 47.3 Å². The van der Waals surface area contributed by atoms with Crippen molar-refractivity contribution in [3.63, 3.8) is 0 Å². The van der Waals surface area contributed by atoms with E-state index in [9.17, 15) is 23.6 Å². The maximum Gasteiger partial charge on any atom is 0.321 e. The lowest BCUT2D eigenvalue weighted by Crippen LogP contribution is -2.61. The highest BCUT2D eigenvalue weighted by Crippen LogP contribution is 2.29. The predicted molar refractivity (Wildman–Crippen MR) is 78.1 cm³/mol. The van der Waals surface area contributed by atoms with Gasteiger partial charge in [-0.05, 0) is 0 Å². The molecule has 5 atom stereocenters. The molecule has 1 rings (SSSR count). The van der Waals surface area contributed by atoms with Gasteiger partial charge >= 0.3 is 23.9 Å². The molecule has 1 aliphatic rings. The van der Waals surface area contributed by atoms with Crippen LogP contribution < -0.4 is 0 Å². The summed E-state index contributed by atoms with van der Waals surface area (Å²) in [7, 11) is 0. The number of rotatable bonds is 6. The molecule has 9 nitrogen and oxygen atoms in total. The van der Waals surface area contributed by atoms with Gasteiger partial charge in [0, 0.05) is 20.8 Å². The summed E-state index contributed by atoms with van der Waals surface area (Å²) < 4.78 is 38.8. The summed E-state index contributed by atoms with van der Waals surface area (Å²) in [5.74, 6) is -3.88. The van der Waals surface area contributed by atoms with Gasteiger partial charge in [0.05, 0.1) is 0 Å². The molecule has 0 N–H and O–H groups in total. The van der Waals surface area contributed by atoms with Crippen LogP contribution in [0.1, 0.15) is 20.8 Å². The van der Waals surface area contributed by atoms with Crippen LogP contribution in [0.2, 0.25) is 0 Å². The third kappa shape index (κ3) is 6.46. The monoisotopic (exact) mass is 384 g/mol. The lowest BCUT2D eigenvalue weighted by atomic mass is 9.98. The first-order valence-electron chi connectivity index (χ1n) is 7.18. The Morgan fingerprint density at radius 3 is 1.96 bits per heavy atom. The molecule has 0 amide bonds. The number of hydrogen-bond donors (Lipinski definition) is 0. The van der Waals surface area contributed by atoms with Gasteiger partial charge in [-0.2, -0.15) is 0 Å². The molecule has 0 aromatic heterocycles. The molecule has 0 aromatic carbocycles. The molecular weight excluding hydrogens is 367 g/mol. The quantitative estimate of drug-likeness (QED) is 0.361. The number of esters is 4. The molecule has 1 heterocycles. The molecule has 1 fully saturated rings. The Morgan fingerprint density at radius 2 is 1.48 bits per heavy atom. The highest BCUT2D eigenvalue weighted by Gasteiger charge is 2.52. The second-order valence-corrected chi connectivity index (χ2v) is 5.33. The fourth-order valence-corrected chi connectivity index (χ4v) is 2.23. The van der Waals surface area contributed by atoms with E-state index in [1.807, 2.05) is 0 Å². The number of carbonyl (C=O) groups is 4. The molecular formula is C14H18ClFO9. The topological polar surface area (TPSA) is 114 Å². The second kappa shape index (κ2) is 9.52. The van der Waals surface area contributed by atoms with Gasteiger partial charge in [-0.25, -0.2) is 4.39 Å². The number of halogens is 2. The molecule has 1 saturated heterocycles. The Bertz CT molecular complexity index is 526. The Hall–Kier alpha value is -1.94. The van der Waals surface area contributed by atoms with Crippen LogP contribution in [0.5, 0.6) is 0 Å². The summed E-state index contributed by atoms with van der Waals surface area (Å²) in [5, 5.41) is 0. The molecule has 0 bridgehead atoms. The van der Waals surface area contributed by atoms with Crippen molar-refractivity contribution in [3.05, 3.63) is 0 Å². The summed E-state index contributed by atoms with van der Waals surface area (Å²) in [6.45, 7) is 2.71. The van der Waals surface area contributed by atoms with Crippen LogP contribution in [-0.4, -0.2) is 67.1 Å². The van der Waals surface area contributed by atoms with E-state index >= 15 is 0 Å². The fourth-order valence-electron chi connectivity index (χ4n) is 2.17. The lowest BCUT2D eigenvalue weighted by Gasteiger charge is -2.41. The first kappa shape index (κ1) is 21.1.